The maximum Gasteiger partial charge on any atom is 0.243 e. The number of aliphatic hydroxyl groups is 1. The second kappa shape index (κ2) is 6.98. The van der Waals surface area contributed by atoms with Gasteiger partial charge in [-0.25, -0.2) is 0 Å². The van der Waals surface area contributed by atoms with Crippen LogP contribution in [0.2, 0.25) is 0 Å². The number of hydrogen-bond donors (Lipinski definition) is 2. The second-order valence-corrected chi connectivity index (χ2v) is 5.20. The van der Waals surface area contributed by atoms with Gasteiger partial charge in [-0.1, -0.05) is 18.0 Å². The lowest BCUT2D eigenvalue weighted by atomic mass is 9.84. The Morgan fingerprint density at radius 3 is 3.00 bits per heavy atom. The summed E-state index contributed by atoms with van der Waals surface area (Å²) < 4.78 is 10.2. The second-order valence-electron chi connectivity index (χ2n) is 5.20. The fourth-order valence-corrected chi connectivity index (χ4v) is 2.67. The summed E-state index contributed by atoms with van der Waals surface area (Å²) in [6.45, 7) is 2.61. The predicted molar refractivity (Wildman–Crippen MR) is 69.4 cm³/mol. The molecule has 6 nitrogen and oxygen atoms in total. The van der Waals surface area contributed by atoms with Crippen LogP contribution in [0.25, 0.3) is 0 Å². The topological polar surface area (TPSA) is 80.4 Å². The predicted octanol–water partition coefficient (Wildman–Crippen LogP) is 1.42. The highest BCUT2D eigenvalue weighted by Gasteiger charge is 2.27. The molecule has 1 heterocycles. The van der Waals surface area contributed by atoms with Crippen LogP contribution in [-0.2, 0) is 11.3 Å². The van der Waals surface area contributed by atoms with Gasteiger partial charge in [-0.05, 0) is 25.7 Å². The molecule has 108 valence electrons. The smallest absolute Gasteiger partial charge is 0.243 e. The fourth-order valence-electron chi connectivity index (χ4n) is 2.67. The number of hydrogen-bond acceptors (Lipinski definition) is 6. The van der Waals surface area contributed by atoms with Crippen molar-refractivity contribution in [2.75, 3.05) is 13.7 Å². The van der Waals surface area contributed by atoms with E-state index in [2.05, 4.69) is 15.5 Å². The summed E-state index contributed by atoms with van der Waals surface area (Å²) in [6.07, 6.45) is 4.59. The number of nitrogens with zero attached hydrogens (tertiary/aromatic N) is 2. The molecule has 0 radical (unpaired) electrons. The van der Waals surface area contributed by atoms with E-state index in [0.29, 0.717) is 30.3 Å². The summed E-state index contributed by atoms with van der Waals surface area (Å²) in [6, 6.07) is 0.321. The van der Waals surface area contributed by atoms with Gasteiger partial charge in [0.25, 0.3) is 0 Å². The Balaban J connectivity index is 1.92. The Bertz CT molecular complexity index is 383. The van der Waals surface area contributed by atoms with E-state index >= 15 is 0 Å². The van der Waals surface area contributed by atoms with Crippen molar-refractivity contribution in [2.24, 2.45) is 5.92 Å². The summed E-state index contributed by atoms with van der Waals surface area (Å²) in [5.74, 6) is 1.47. The van der Waals surface area contributed by atoms with Crippen molar-refractivity contribution in [1.29, 1.82) is 0 Å². The molecule has 1 fully saturated rings. The van der Waals surface area contributed by atoms with E-state index in [-0.39, 0.29) is 12.6 Å². The van der Waals surface area contributed by atoms with Gasteiger partial charge in [0, 0.05) is 19.8 Å². The molecule has 0 spiro atoms. The van der Waals surface area contributed by atoms with E-state index in [1.54, 1.807) is 7.11 Å². The molecule has 6 heteroatoms. The third-order valence-electron chi connectivity index (χ3n) is 3.74. The normalized spacial score (nSPS) is 25.4. The lowest BCUT2D eigenvalue weighted by Gasteiger charge is -2.32. The zero-order valence-corrected chi connectivity index (χ0v) is 11.6. The van der Waals surface area contributed by atoms with Crippen LogP contribution in [-0.4, -0.2) is 35.0 Å². The van der Waals surface area contributed by atoms with E-state index in [1.165, 1.54) is 12.8 Å². The molecule has 3 atom stereocenters. The lowest BCUT2D eigenvalue weighted by Crippen LogP contribution is -2.41. The summed E-state index contributed by atoms with van der Waals surface area (Å²) >= 11 is 0. The number of aliphatic hydroxyl groups excluding tert-OH is 1. The van der Waals surface area contributed by atoms with Gasteiger partial charge in [-0.15, -0.1) is 0 Å². The molecular formula is C13H23N3O3. The highest BCUT2D eigenvalue weighted by molar-refractivity contribution is 4.93. The van der Waals surface area contributed by atoms with Crippen LogP contribution in [0, 0.1) is 5.92 Å². The molecule has 0 saturated heterocycles. The van der Waals surface area contributed by atoms with Crippen LogP contribution in [0.15, 0.2) is 4.52 Å². The average Bonchev–Trinajstić information content (AvgIpc) is 2.88. The molecule has 1 saturated carbocycles. The summed E-state index contributed by atoms with van der Waals surface area (Å²) in [5, 5.41) is 16.8. The number of ether oxygens (including phenoxy) is 1. The minimum absolute atomic E-state index is 0.00439. The van der Waals surface area contributed by atoms with Crippen LogP contribution in [0.4, 0.5) is 0 Å². The van der Waals surface area contributed by atoms with Gasteiger partial charge in [0.2, 0.25) is 5.89 Å². The minimum atomic E-state index is -0.00439. The first kappa shape index (κ1) is 14.4. The summed E-state index contributed by atoms with van der Waals surface area (Å²) in [7, 11) is 1.60. The van der Waals surface area contributed by atoms with Crippen molar-refractivity contribution < 1.29 is 14.4 Å². The molecule has 0 aromatic carbocycles. The van der Waals surface area contributed by atoms with Gasteiger partial charge in [-0.2, -0.15) is 4.98 Å². The molecule has 0 unspecified atom stereocenters. The van der Waals surface area contributed by atoms with Gasteiger partial charge >= 0.3 is 0 Å². The average molecular weight is 269 g/mol. The van der Waals surface area contributed by atoms with Crippen molar-refractivity contribution >= 4 is 0 Å². The fraction of sp³-hybridized carbons (Fsp3) is 0.846. The molecule has 1 aliphatic rings. The van der Waals surface area contributed by atoms with Gasteiger partial charge in [0.1, 0.15) is 6.61 Å². The van der Waals surface area contributed by atoms with Gasteiger partial charge in [-0.3, -0.25) is 0 Å². The van der Waals surface area contributed by atoms with Crippen LogP contribution in [0.3, 0.4) is 0 Å². The number of methoxy groups -OCH3 is 1. The van der Waals surface area contributed by atoms with Crippen molar-refractivity contribution in [3.8, 4) is 0 Å². The Hall–Kier alpha value is -0.980. The van der Waals surface area contributed by atoms with Gasteiger partial charge < -0.3 is 19.7 Å². The quantitative estimate of drug-likeness (QED) is 0.813. The molecule has 0 amide bonds. The highest BCUT2D eigenvalue weighted by atomic mass is 16.5. The van der Waals surface area contributed by atoms with Crippen LogP contribution in [0.1, 0.15) is 50.4 Å². The van der Waals surface area contributed by atoms with E-state index in [4.69, 9.17) is 9.26 Å². The zero-order chi connectivity index (χ0) is 13.7. The largest absolute Gasteiger partial charge is 0.396 e. The third-order valence-corrected chi connectivity index (χ3v) is 3.74. The Morgan fingerprint density at radius 2 is 2.26 bits per heavy atom. The molecule has 2 N–H and O–H groups in total. The van der Waals surface area contributed by atoms with Gasteiger partial charge in [0.05, 0.1) is 6.04 Å². The first-order valence-corrected chi connectivity index (χ1v) is 6.93. The molecule has 0 aliphatic heterocycles. The Labute approximate surface area is 113 Å². The maximum atomic E-state index is 9.41. The van der Waals surface area contributed by atoms with Crippen LogP contribution in [0.5, 0.6) is 0 Å². The Morgan fingerprint density at radius 1 is 1.47 bits per heavy atom. The van der Waals surface area contributed by atoms with Crippen molar-refractivity contribution in [2.45, 2.75) is 51.3 Å². The summed E-state index contributed by atoms with van der Waals surface area (Å²) in [4.78, 5) is 4.29. The highest BCUT2D eigenvalue weighted by Crippen LogP contribution is 2.26. The van der Waals surface area contributed by atoms with Crippen molar-refractivity contribution in [1.82, 2.24) is 15.5 Å². The Kier molecular flexibility index (Phi) is 5.30. The molecule has 2 rings (SSSR count). The first-order valence-electron chi connectivity index (χ1n) is 6.93. The van der Waals surface area contributed by atoms with E-state index in [1.807, 2.05) is 6.92 Å². The minimum Gasteiger partial charge on any atom is -0.396 e. The first-order chi connectivity index (χ1) is 9.24. The number of rotatable bonds is 6. The van der Waals surface area contributed by atoms with Crippen LogP contribution < -0.4 is 5.32 Å². The molecular weight excluding hydrogens is 246 g/mol. The van der Waals surface area contributed by atoms with Crippen LogP contribution >= 0.6 is 0 Å². The maximum absolute atomic E-state index is 9.41. The monoisotopic (exact) mass is 269 g/mol. The SMILES string of the molecule is COCc1noc([C@H](C)N[C@@H]2CCCC[C@H]2CO)n1. The zero-order valence-electron chi connectivity index (χ0n) is 11.6. The summed E-state index contributed by atoms with van der Waals surface area (Å²) in [5.41, 5.74) is 0. The van der Waals surface area contributed by atoms with Crippen molar-refractivity contribution in [3.63, 3.8) is 0 Å². The van der Waals surface area contributed by atoms with Crippen molar-refractivity contribution in [3.05, 3.63) is 11.7 Å². The van der Waals surface area contributed by atoms with E-state index in [9.17, 15) is 5.11 Å². The molecule has 0 bridgehead atoms. The van der Waals surface area contributed by atoms with E-state index in [0.717, 1.165) is 12.8 Å². The number of aromatic nitrogens is 2. The standard InChI is InChI=1S/C13H23N3O3/c1-9(13-15-12(8-18-2)16-19-13)14-11-6-4-3-5-10(11)7-17/h9-11,14,17H,3-8H2,1-2H3/t9-,10-,11+/m0/s1. The lowest BCUT2D eigenvalue weighted by molar-refractivity contribution is 0.143. The van der Waals surface area contributed by atoms with E-state index < -0.39 is 0 Å². The molecule has 1 aromatic rings. The number of nitrogens with one attached hydrogen (secondary N) is 1. The molecule has 1 aromatic heterocycles. The molecule has 1 aliphatic carbocycles. The molecule has 19 heavy (non-hydrogen) atoms. The van der Waals surface area contributed by atoms with Gasteiger partial charge in [0.15, 0.2) is 5.82 Å². The third kappa shape index (κ3) is 3.75.